The number of benzene rings is 1. The summed E-state index contributed by atoms with van der Waals surface area (Å²) in [5, 5.41) is 0. The van der Waals surface area contributed by atoms with Crippen LogP contribution in [0.1, 0.15) is 19.8 Å². The molecule has 0 saturated carbocycles. The fraction of sp³-hybridized carbons (Fsp3) is 0.417. The smallest absolute Gasteiger partial charge is 0.265 e. The van der Waals surface area contributed by atoms with Gasteiger partial charge in [0.2, 0.25) is 0 Å². The Morgan fingerprint density at radius 3 is 2.68 bits per heavy atom. The lowest BCUT2D eigenvalue weighted by atomic mass is 10.0. The minimum Gasteiger partial charge on any atom is -0.365 e. The molecule has 1 aromatic carbocycles. The van der Waals surface area contributed by atoms with Crippen molar-refractivity contribution >= 4 is 38.5 Å². The highest BCUT2D eigenvalue weighted by Crippen LogP contribution is 2.26. The molecule has 1 fully saturated rings. The van der Waals surface area contributed by atoms with Gasteiger partial charge in [0.15, 0.2) is 0 Å². The number of ether oxygens (including phenoxy) is 1. The second-order valence-corrected chi connectivity index (χ2v) is 7.36. The molecule has 1 atom stereocenters. The summed E-state index contributed by atoms with van der Waals surface area (Å²) in [6.07, 6.45) is 1.28. The summed E-state index contributed by atoms with van der Waals surface area (Å²) in [5.74, 6) is -0.607. The van der Waals surface area contributed by atoms with Gasteiger partial charge in [-0.05, 0) is 54.5 Å². The van der Waals surface area contributed by atoms with Gasteiger partial charge < -0.3 is 4.74 Å². The molecule has 1 heterocycles. The van der Waals surface area contributed by atoms with Crippen LogP contribution in [0.25, 0.3) is 0 Å². The first-order valence-electron chi connectivity index (χ1n) is 5.81. The lowest BCUT2D eigenvalue weighted by Crippen LogP contribution is -2.46. The number of amides is 1. The Bertz CT molecular complexity index is 594. The number of sulfonamides is 1. The normalized spacial score (nSPS) is 23.3. The molecule has 0 aliphatic carbocycles. The molecule has 1 aliphatic heterocycles. The van der Waals surface area contributed by atoms with Crippen LogP contribution in [0.2, 0.25) is 0 Å². The van der Waals surface area contributed by atoms with Crippen LogP contribution >= 0.6 is 22.6 Å². The summed E-state index contributed by atoms with van der Waals surface area (Å²) < 4.78 is 32.3. The van der Waals surface area contributed by atoms with E-state index in [0.717, 1.165) is 6.42 Å². The van der Waals surface area contributed by atoms with Gasteiger partial charge in [0, 0.05) is 10.2 Å². The topological polar surface area (TPSA) is 72.5 Å². The zero-order chi connectivity index (χ0) is 14.1. The van der Waals surface area contributed by atoms with Crippen LogP contribution in [0, 0.1) is 3.57 Å². The molecular formula is C12H14INO4S. The highest BCUT2D eigenvalue weighted by atomic mass is 127. The predicted molar refractivity (Wildman–Crippen MR) is 78.1 cm³/mol. The molecule has 19 heavy (non-hydrogen) atoms. The Labute approximate surface area is 125 Å². The predicted octanol–water partition coefficient (Wildman–Crippen LogP) is 1.67. The van der Waals surface area contributed by atoms with Crippen molar-refractivity contribution in [3.8, 4) is 0 Å². The van der Waals surface area contributed by atoms with Gasteiger partial charge in [-0.15, -0.1) is 0 Å². The summed E-state index contributed by atoms with van der Waals surface area (Å²) >= 11 is 1.92. The number of halogens is 1. The van der Waals surface area contributed by atoms with Gasteiger partial charge >= 0.3 is 0 Å². The summed E-state index contributed by atoms with van der Waals surface area (Å²) in [5.41, 5.74) is -1.05. The molecule has 0 radical (unpaired) electrons. The maximum Gasteiger partial charge on any atom is 0.265 e. The van der Waals surface area contributed by atoms with E-state index in [1.165, 1.54) is 6.07 Å². The number of hydrogen-bond donors (Lipinski definition) is 1. The van der Waals surface area contributed by atoms with Gasteiger partial charge in [-0.1, -0.05) is 12.1 Å². The van der Waals surface area contributed by atoms with Gasteiger partial charge in [0.25, 0.3) is 15.9 Å². The summed E-state index contributed by atoms with van der Waals surface area (Å²) in [6, 6.07) is 6.50. The van der Waals surface area contributed by atoms with E-state index >= 15 is 0 Å². The first-order chi connectivity index (χ1) is 8.85. The van der Waals surface area contributed by atoms with E-state index in [9.17, 15) is 13.2 Å². The third kappa shape index (κ3) is 3.09. The van der Waals surface area contributed by atoms with Gasteiger partial charge in [-0.2, -0.15) is 0 Å². The average molecular weight is 395 g/mol. The van der Waals surface area contributed by atoms with Crippen molar-refractivity contribution in [3.63, 3.8) is 0 Å². The molecule has 1 aromatic rings. The second-order valence-electron chi connectivity index (χ2n) is 4.55. The molecule has 7 heteroatoms. The molecule has 0 aromatic heterocycles. The van der Waals surface area contributed by atoms with Gasteiger partial charge in [-0.3, -0.25) is 4.79 Å². The van der Waals surface area contributed by atoms with E-state index in [1.54, 1.807) is 25.1 Å². The maximum absolute atomic E-state index is 12.2. The lowest BCUT2D eigenvalue weighted by molar-refractivity contribution is -0.137. The summed E-state index contributed by atoms with van der Waals surface area (Å²) in [4.78, 5) is 12.2. The molecule has 5 nitrogen and oxygen atoms in total. The number of carbonyl (C=O) groups excluding carboxylic acids is 1. The fourth-order valence-electron chi connectivity index (χ4n) is 1.91. The molecule has 1 N–H and O–H groups in total. The van der Waals surface area contributed by atoms with Crippen molar-refractivity contribution in [2.45, 2.75) is 30.3 Å². The standard InChI is InChI=1S/C12H14INO4S/c1-12(7-4-8-18-12)11(15)14-19(16,17)10-6-3-2-5-9(10)13/h2-3,5-6H,4,7-8H2,1H3,(H,14,15). The minimum absolute atomic E-state index is 0.102. The molecular weight excluding hydrogens is 381 g/mol. The van der Waals surface area contributed by atoms with E-state index in [-0.39, 0.29) is 4.90 Å². The van der Waals surface area contributed by atoms with Crippen molar-refractivity contribution in [2.24, 2.45) is 0 Å². The fourth-order valence-corrected chi connectivity index (χ4v) is 4.32. The van der Waals surface area contributed by atoms with Crippen LogP contribution in [0.4, 0.5) is 0 Å². The molecule has 1 amide bonds. The van der Waals surface area contributed by atoms with E-state index < -0.39 is 21.5 Å². The highest BCUT2D eigenvalue weighted by molar-refractivity contribution is 14.1. The van der Waals surface area contributed by atoms with Crippen molar-refractivity contribution in [2.75, 3.05) is 6.61 Å². The van der Waals surface area contributed by atoms with Gasteiger partial charge in [0.1, 0.15) is 10.5 Å². The van der Waals surface area contributed by atoms with E-state index in [4.69, 9.17) is 4.74 Å². The Hall–Kier alpha value is -0.670. The third-order valence-corrected chi connectivity index (χ3v) is 5.75. The zero-order valence-corrected chi connectivity index (χ0v) is 13.3. The molecule has 1 aliphatic rings. The van der Waals surface area contributed by atoms with Gasteiger partial charge in [0.05, 0.1) is 0 Å². The van der Waals surface area contributed by atoms with E-state index in [1.807, 2.05) is 22.6 Å². The van der Waals surface area contributed by atoms with Crippen LogP contribution in [0.5, 0.6) is 0 Å². The van der Waals surface area contributed by atoms with Crippen molar-refractivity contribution in [1.29, 1.82) is 0 Å². The SMILES string of the molecule is CC1(C(=O)NS(=O)(=O)c2ccccc2I)CCCO1. The molecule has 2 rings (SSSR count). The zero-order valence-electron chi connectivity index (χ0n) is 10.3. The first-order valence-corrected chi connectivity index (χ1v) is 8.37. The Kier molecular flexibility index (Phi) is 4.17. The Morgan fingerprint density at radius 1 is 1.42 bits per heavy atom. The van der Waals surface area contributed by atoms with Crippen LogP contribution in [-0.2, 0) is 19.6 Å². The van der Waals surface area contributed by atoms with Crippen molar-refractivity contribution < 1.29 is 17.9 Å². The Morgan fingerprint density at radius 2 is 2.11 bits per heavy atom. The van der Waals surface area contributed by atoms with Gasteiger partial charge in [-0.25, -0.2) is 13.1 Å². The molecule has 0 bridgehead atoms. The number of carbonyl (C=O) groups is 1. The summed E-state index contributed by atoms with van der Waals surface area (Å²) in [6.45, 7) is 2.09. The second kappa shape index (κ2) is 5.37. The highest BCUT2D eigenvalue weighted by Gasteiger charge is 2.40. The van der Waals surface area contributed by atoms with Crippen molar-refractivity contribution in [1.82, 2.24) is 4.72 Å². The maximum atomic E-state index is 12.2. The summed E-state index contributed by atoms with van der Waals surface area (Å²) in [7, 11) is -3.85. The van der Waals surface area contributed by atoms with Crippen molar-refractivity contribution in [3.05, 3.63) is 27.8 Å². The van der Waals surface area contributed by atoms with E-state index in [0.29, 0.717) is 16.6 Å². The van der Waals surface area contributed by atoms with Crippen LogP contribution < -0.4 is 4.72 Å². The molecule has 1 unspecified atom stereocenters. The monoisotopic (exact) mass is 395 g/mol. The number of rotatable bonds is 3. The Balaban J connectivity index is 2.23. The first kappa shape index (κ1) is 14.7. The molecule has 0 spiro atoms. The van der Waals surface area contributed by atoms with Crippen LogP contribution in [0.3, 0.4) is 0 Å². The number of nitrogens with one attached hydrogen (secondary N) is 1. The van der Waals surface area contributed by atoms with Crippen LogP contribution in [0.15, 0.2) is 29.2 Å². The molecule has 1 saturated heterocycles. The van der Waals surface area contributed by atoms with Crippen LogP contribution in [-0.4, -0.2) is 26.5 Å². The quantitative estimate of drug-likeness (QED) is 0.791. The number of hydrogen-bond acceptors (Lipinski definition) is 4. The lowest BCUT2D eigenvalue weighted by Gasteiger charge is -2.21. The molecule has 104 valence electrons. The van der Waals surface area contributed by atoms with E-state index in [2.05, 4.69) is 4.72 Å². The average Bonchev–Trinajstić information content (AvgIpc) is 2.77. The minimum atomic E-state index is -3.85. The third-order valence-electron chi connectivity index (χ3n) is 3.05. The largest absolute Gasteiger partial charge is 0.365 e.